The molecule has 0 radical (unpaired) electrons. The minimum Gasteiger partial charge on any atom is -0.464 e. The molecular formula is C53H80N10O7S5. The summed E-state index contributed by atoms with van der Waals surface area (Å²) in [6.07, 6.45) is 3.16. The molecule has 6 heterocycles. The molecule has 4 atom stereocenters. The molecule has 2 fully saturated rings. The number of urea groups is 1. The summed E-state index contributed by atoms with van der Waals surface area (Å²) in [5.41, 5.74) is 8.75. The highest BCUT2D eigenvalue weighted by atomic mass is 32.1. The molecule has 0 unspecified atom stereocenters. The van der Waals surface area contributed by atoms with Crippen molar-refractivity contribution < 1.29 is 33.4 Å². The molecule has 22 heteroatoms. The molecule has 0 aliphatic carbocycles. The first kappa shape index (κ1) is 64.8. The van der Waals surface area contributed by atoms with Crippen LogP contribution in [0.2, 0.25) is 0 Å². The number of thiazole rings is 1. The van der Waals surface area contributed by atoms with Crippen LogP contribution in [0.4, 0.5) is 4.79 Å². The average Bonchev–Trinajstić information content (AvgIpc) is 3.95. The van der Waals surface area contributed by atoms with E-state index < -0.39 is 46.9 Å². The standard InChI is InChI=1S/C53H72N10O7S.4H2S/c1-13-62-42-19-18-35-28-37(42)38(47(62)36-16-14-22-54-45(36)34(4)69-12)30-52(5,6)32-70-50(67)39-17-15-23-63(57-39)49(66)40(29-43-55-41(35)31-71-43)56-48(65)46(33(2)3)59(11)51(68)61-26-24-60(25-27-61)44(64)20-21-53(7,8)58(9)10;;;;/h14,16,18-19,22,28,31,33-34,39-40,46,57H,13,15,17,23-27,29-30,32H2,1-12H3,(H,56,65);4*1H2/t34-,39-,40-,46-;;;;/m0..../s1. The number of amides is 5. The van der Waals surface area contributed by atoms with Gasteiger partial charge in [0.15, 0.2) is 0 Å². The zero-order chi connectivity index (χ0) is 51.5. The maximum atomic E-state index is 14.7. The number of nitrogens with zero attached hydrogens (tertiary/aromatic N) is 8. The number of nitrogens with one attached hydrogen (secondary N) is 2. The topological polar surface area (TPSA) is 175 Å². The predicted octanol–water partition coefficient (Wildman–Crippen LogP) is 6.22. The molecule has 3 aliphatic heterocycles. The number of hydrogen-bond acceptors (Lipinski definition) is 12. The van der Waals surface area contributed by atoms with Gasteiger partial charge in [0, 0.05) is 98.9 Å². The lowest BCUT2D eigenvalue weighted by Gasteiger charge is -2.39. The third-order valence-corrected chi connectivity index (χ3v) is 15.1. The molecule has 0 spiro atoms. The highest BCUT2D eigenvalue weighted by Gasteiger charge is 2.39. The molecular weight excluding hydrogens is 1050 g/mol. The van der Waals surface area contributed by atoms with Crippen LogP contribution in [0, 0.1) is 23.2 Å². The molecule has 4 aromatic rings. The van der Waals surface area contributed by atoms with E-state index in [0.717, 1.165) is 44.7 Å². The number of pyridine rings is 1. The maximum absolute atomic E-state index is 14.7. The molecule has 0 saturated carbocycles. The fraction of sp³-hybridized carbons (Fsp3) is 0.566. The number of fused-ring (bicyclic) bond motifs is 6. The molecule has 6 bridgehead atoms. The Kier molecular flexibility index (Phi) is 23.5. The Morgan fingerprint density at radius 3 is 2.33 bits per heavy atom. The number of ether oxygens (including phenoxy) is 2. The van der Waals surface area contributed by atoms with Crippen LogP contribution in [-0.2, 0) is 48.0 Å². The maximum Gasteiger partial charge on any atom is 0.324 e. The first-order valence-electron chi connectivity index (χ1n) is 24.8. The SMILES string of the molecule is CCn1c(-c2cccnc2[C@H](C)OC)c2c3cc(ccc31)-c1csc(n1)C[C@H](NC(=O)[C@H](C(C)C)N(C)C(=O)N1CCN(C(=O)C#CC(C)(C)N(C)C)CC1)C(=O)N1CCC[C@H](N1)C(=O)OCC(C)(C)C2.S.S.S.S. The number of likely N-dealkylation sites (N-methyl/N-ethyl adjacent to an activating group) is 1. The van der Waals surface area contributed by atoms with Crippen molar-refractivity contribution in [2.24, 2.45) is 11.3 Å². The molecule has 2 saturated heterocycles. The molecule has 7 rings (SSSR count). The third kappa shape index (κ3) is 14.6. The van der Waals surface area contributed by atoms with Gasteiger partial charge < -0.3 is 34.1 Å². The van der Waals surface area contributed by atoms with Gasteiger partial charge >= 0.3 is 12.0 Å². The van der Waals surface area contributed by atoms with Gasteiger partial charge in [-0.3, -0.25) is 34.1 Å². The van der Waals surface area contributed by atoms with E-state index >= 15 is 0 Å². The van der Waals surface area contributed by atoms with E-state index in [1.807, 2.05) is 65.1 Å². The summed E-state index contributed by atoms with van der Waals surface area (Å²) in [6.45, 7) is 18.2. The summed E-state index contributed by atoms with van der Waals surface area (Å²) in [7, 11) is 7.09. The first-order valence-corrected chi connectivity index (χ1v) is 25.7. The fourth-order valence-corrected chi connectivity index (χ4v) is 10.4. The number of methoxy groups -OCH3 is 1. The van der Waals surface area contributed by atoms with Crippen molar-refractivity contribution in [3.05, 3.63) is 58.2 Å². The summed E-state index contributed by atoms with van der Waals surface area (Å²) >= 11 is 1.40. The number of hydrogen-bond donors (Lipinski definition) is 2. The lowest BCUT2D eigenvalue weighted by Crippen LogP contribution is -2.63. The lowest BCUT2D eigenvalue weighted by molar-refractivity contribution is -0.155. The van der Waals surface area contributed by atoms with Gasteiger partial charge in [-0.25, -0.2) is 15.2 Å². The van der Waals surface area contributed by atoms with Gasteiger partial charge in [0.25, 0.3) is 11.8 Å². The summed E-state index contributed by atoms with van der Waals surface area (Å²) in [6, 6.07) is 7.20. The number of esters is 1. The van der Waals surface area contributed by atoms with Crippen LogP contribution in [0.25, 0.3) is 33.4 Å². The molecule has 3 aromatic heterocycles. The summed E-state index contributed by atoms with van der Waals surface area (Å²) in [5.74, 6) is 3.79. The fourth-order valence-electron chi connectivity index (χ4n) is 9.59. The molecule has 2 N–H and O–H groups in total. The Labute approximate surface area is 475 Å². The van der Waals surface area contributed by atoms with Gasteiger partial charge in [0.05, 0.1) is 40.3 Å². The van der Waals surface area contributed by atoms with E-state index in [2.05, 4.69) is 72.2 Å². The smallest absolute Gasteiger partial charge is 0.324 e. The van der Waals surface area contributed by atoms with Gasteiger partial charge in [-0.2, -0.15) is 54.0 Å². The molecule has 75 heavy (non-hydrogen) atoms. The van der Waals surface area contributed by atoms with Gasteiger partial charge in [0.1, 0.15) is 18.1 Å². The van der Waals surface area contributed by atoms with E-state index in [-0.39, 0.29) is 104 Å². The Morgan fingerprint density at radius 1 is 1.01 bits per heavy atom. The van der Waals surface area contributed by atoms with Gasteiger partial charge in [0.2, 0.25) is 5.91 Å². The third-order valence-electron chi connectivity index (χ3n) is 14.2. The molecule has 1 aromatic carbocycles. The number of aryl methyl sites for hydroxylation is 1. The van der Waals surface area contributed by atoms with E-state index in [0.29, 0.717) is 50.4 Å². The second-order valence-corrected chi connectivity index (χ2v) is 21.8. The van der Waals surface area contributed by atoms with Crippen LogP contribution in [0.1, 0.15) is 90.6 Å². The molecule has 3 aliphatic rings. The van der Waals surface area contributed by atoms with Crippen molar-refractivity contribution >= 4 is 106 Å². The molecule has 414 valence electrons. The lowest BCUT2D eigenvalue weighted by atomic mass is 9.84. The number of rotatable bonds is 9. The van der Waals surface area contributed by atoms with Crippen molar-refractivity contribution in [2.75, 3.05) is 67.6 Å². The van der Waals surface area contributed by atoms with Crippen molar-refractivity contribution in [1.82, 2.24) is 49.9 Å². The van der Waals surface area contributed by atoms with Crippen LogP contribution in [0.5, 0.6) is 0 Å². The largest absolute Gasteiger partial charge is 0.464 e. The van der Waals surface area contributed by atoms with Gasteiger partial charge in [-0.05, 0) is 103 Å². The number of cyclic esters (lactones) is 1. The number of benzene rings is 1. The number of piperazine rings is 1. The summed E-state index contributed by atoms with van der Waals surface area (Å²) in [4.78, 5) is 86.9. The summed E-state index contributed by atoms with van der Waals surface area (Å²) < 4.78 is 14.3. The zero-order valence-corrected chi connectivity index (χ0v) is 50.4. The van der Waals surface area contributed by atoms with Gasteiger partial charge in [-0.15, -0.1) is 11.3 Å². The normalized spacial score (nSPS) is 18.7. The number of aromatic nitrogens is 3. The van der Waals surface area contributed by atoms with Crippen molar-refractivity contribution in [2.45, 2.75) is 117 Å². The molecule has 17 nitrogen and oxygen atoms in total. The van der Waals surface area contributed by atoms with Crippen molar-refractivity contribution in [3.63, 3.8) is 0 Å². The highest BCUT2D eigenvalue weighted by molar-refractivity contribution is 7.59. The highest BCUT2D eigenvalue weighted by Crippen LogP contribution is 2.42. The van der Waals surface area contributed by atoms with Crippen molar-refractivity contribution in [1.29, 1.82) is 0 Å². The first-order chi connectivity index (χ1) is 33.6. The van der Waals surface area contributed by atoms with E-state index in [4.69, 9.17) is 19.4 Å². The van der Waals surface area contributed by atoms with Gasteiger partial charge in [-0.1, -0.05) is 39.7 Å². The van der Waals surface area contributed by atoms with E-state index in [1.165, 1.54) is 21.2 Å². The Balaban J connectivity index is 0.00000371. The average molecular weight is 1130 g/mol. The number of hydrazine groups is 1. The number of carbonyl (C=O) groups is 5. The number of carbonyl (C=O) groups excluding carboxylic acids is 5. The Hall–Kier alpha value is -4.47. The van der Waals surface area contributed by atoms with Crippen LogP contribution in [0.15, 0.2) is 41.9 Å². The minimum atomic E-state index is -1.10. The minimum absolute atomic E-state index is 0. The van der Waals surface area contributed by atoms with Crippen LogP contribution in [0.3, 0.4) is 0 Å². The molecule has 5 amide bonds. The van der Waals surface area contributed by atoms with E-state index in [1.54, 1.807) is 30.2 Å². The quantitative estimate of drug-likeness (QED) is 0.144. The van der Waals surface area contributed by atoms with Crippen LogP contribution >= 0.6 is 65.3 Å². The van der Waals surface area contributed by atoms with Crippen LogP contribution < -0.4 is 10.7 Å². The second-order valence-electron chi connectivity index (χ2n) is 20.8. The van der Waals surface area contributed by atoms with Crippen molar-refractivity contribution in [3.8, 4) is 34.4 Å². The van der Waals surface area contributed by atoms with E-state index in [9.17, 15) is 24.0 Å². The zero-order valence-electron chi connectivity index (χ0n) is 45.6. The Bertz CT molecular complexity index is 2710. The monoisotopic (exact) mass is 1130 g/mol. The Morgan fingerprint density at radius 2 is 1.69 bits per heavy atom. The van der Waals surface area contributed by atoms with Crippen LogP contribution in [-0.4, -0.2) is 160 Å². The summed E-state index contributed by atoms with van der Waals surface area (Å²) in [5, 5.41) is 8.10. The second kappa shape index (κ2) is 27.2. The predicted molar refractivity (Wildman–Crippen MR) is 316 cm³/mol.